The van der Waals surface area contributed by atoms with Gasteiger partial charge >= 0.3 is 5.97 Å². The third-order valence-electron chi connectivity index (χ3n) is 4.17. The Morgan fingerprint density at radius 3 is 2.60 bits per heavy atom. The fraction of sp³-hybridized carbons (Fsp3) is 0.857. The van der Waals surface area contributed by atoms with Crippen LogP contribution in [0.15, 0.2) is 0 Å². The average molecular weight is 280 g/mol. The summed E-state index contributed by atoms with van der Waals surface area (Å²) in [6.45, 7) is 6.09. The molecule has 0 aliphatic heterocycles. The van der Waals surface area contributed by atoms with Gasteiger partial charge in [-0.05, 0) is 21.8 Å². The van der Waals surface area contributed by atoms with Crippen molar-refractivity contribution in [3.63, 3.8) is 0 Å². The van der Waals surface area contributed by atoms with Gasteiger partial charge in [0, 0.05) is 6.42 Å². The normalized spacial score (nSPS) is 18.4. The Bertz CT molecular complexity index is 458. The van der Waals surface area contributed by atoms with E-state index in [1.807, 2.05) is 20.8 Å². The zero-order valence-electron chi connectivity index (χ0n) is 12.5. The lowest BCUT2D eigenvalue weighted by atomic mass is 9.84. The van der Waals surface area contributed by atoms with Gasteiger partial charge in [0.25, 0.3) is 0 Å². The standard InChI is InChI=1S/C14H24N4O2/c1-14(2,3)11(9-13(19)20)18-12(15-16-17-18)8-10-6-4-5-7-10/h10-11H,4-9H2,1-3H3,(H,19,20). The molecule has 20 heavy (non-hydrogen) atoms. The van der Waals surface area contributed by atoms with Crippen LogP contribution in [0.4, 0.5) is 0 Å². The summed E-state index contributed by atoms with van der Waals surface area (Å²) in [5.74, 6) is 0.663. The number of carboxylic acids is 1. The number of carbonyl (C=O) groups is 1. The molecule has 1 aromatic rings. The van der Waals surface area contributed by atoms with Crippen molar-refractivity contribution in [2.45, 2.75) is 65.3 Å². The Morgan fingerprint density at radius 1 is 1.40 bits per heavy atom. The van der Waals surface area contributed by atoms with Gasteiger partial charge < -0.3 is 5.11 Å². The molecule has 1 aliphatic carbocycles. The molecule has 1 heterocycles. The maximum atomic E-state index is 11.1. The van der Waals surface area contributed by atoms with E-state index in [1.165, 1.54) is 25.7 Å². The molecular weight excluding hydrogens is 256 g/mol. The van der Waals surface area contributed by atoms with Crippen molar-refractivity contribution in [1.29, 1.82) is 0 Å². The van der Waals surface area contributed by atoms with Crippen LogP contribution in [-0.4, -0.2) is 31.3 Å². The smallest absolute Gasteiger partial charge is 0.305 e. The van der Waals surface area contributed by atoms with Gasteiger partial charge in [-0.1, -0.05) is 46.5 Å². The molecule has 1 unspecified atom stereocenters. The summed E-state index contributed by atoms with van der Waals surface area (Å²) in [5, 5.41) is 21.1. The van der Waals surface area contributed by atoms with Gasteiger partial charge in [-0.15, -0.1) is 5.10 Å². The molecule has 1 saturated carbocycles. The van der Waals surface area contributed by atoms with Gasteiger partial charge in [0.15, 0.2) is 5.82 Å². The van der Waals surface area contributed by atoms with Crippen LogP contribution in [0.25, 0.3) is 0 Å². The van der Waals surface area contributed by atoms with Crippen LogP contribution >= 0.6 is 0 Å². The minimum absolute atomic E-state index is 0.0478. The highest BCUT2D eigenvalue weighted by atomic mass is 16.4. The molecule has 6 heteroatoms. The molecule has 1 fully saturated rings. The van der Waals surface area contributed by atoms with Gasteiger partial charge in [0.1, 0.15) is 0 Å². The topological polar surface area (TPSA) is 80.9 Å². The first kappa shape index (κ1) is 14.9. The zero-order chi connectivity index (χ0) is 14.8. The van der Waals surface area contributed by atoms with Crippen molar-refractivity contribution in [2.24, 2.45) is 11.3 Å². The van der Waals surface area contributed by atoms with Crippen LogP contribution in [0.5, 0.6) is 0 Å². The van der Waals surface area contributed by atoms with Crippen LogP contribution in [0.1, 0.15) is 64.7 Å². The lowest BCUT2D eigenvalue weighted by Crippen LogP contribution is -2.29. The lowest BCUT2D eigenvalue weighted by molar-refractivity contribution is -0.138. The summed E-state index contributed by atoms with van der Waals surface area (Å²) in [6, 6.07) is -0.216. The molecule has 1 atom stereocenters. The summed E-state index contributed by atoms with van der Waals surface area (Å²) < 4.78 is 1.74. The first-order valence-electron chi connectivity index (χ1n) is 7.36. The molecule has 0 spiro atoms. The summed E-state index contributed by atoms with van der Waals surface area (Å²) in [6.07, 6.45) is 5.93. The van der Waals surface area contributed by atoms with Crippen molar-refractivity contribution in [3.8, 4) is 0 Å². The van der Waals surface area contributed by atoms with Crippen LogP contribution in [0, 0.1) is 11.3 Å². The number of nitrogens with zero attached hydrogens (tertiary/aromatic N) is 4. The Balaban J connectivity index is 2.20. The van der Waals surface area contributed by atoms with Gasteiger partial charge in [-0.3, -0.25) is 4.79 Å². The highest BCUT2D eigenvalue weighted by molar-refractivity contribution is 5.67. The van der Waals surface area contributed by atoms with Crippen LogP contribution < -0.4 is 0 Å². The fourth-order valence-corrected chi connectivity index (χ4v) is 2.99. The number of aromatic nitrogens is 4. The van der Waals surface area contributed by atoms with E-state index in [9.17, 15) is 4.79 Å². The van der Waals surface area contributed by atoms with E-state index in [1.54, 1.807) is 4.68 Å². The van der Waals surface area contributed by atoms with Crippen molar-refractivity contribution < 1.29 is 9.90 Å². The minimum Gasteiger partial charge on any atom is -0.481 e. The maximum Gasteiger partial charge on any atom is 0.305 e. The summed E-state index contributed by atoms with van der Waals surface area (Å²) in [7, 11) is 0. The quantitative estimate of drug-likeness (QED) is 0.896. The minimum atomic E-state index is -0.813. The molecular formula is C14H24N4O2. The summed E-state index contributed by atoms with van der Waals surface area (Å²) in [5.41, 5.74) is -0.196. The Labute approximate surface area is 119 Å². The van der Waals surface area contributed by atoms with Gasteiger partial charge in [-0.2, -0.15) is 0 Å². The van der Waals surface area contributed by atoms with Crippen LogP contribution in [0.2, 0.25) is 0 Å². The molecule has 1 aromatic heterocycles. The Hall–Kier alpha value is -1.46. The number of aliphatic carboxylic acids is 1. The molecule has 2 rings (SSSR count). The lowest BCUT2D eigenvalue weighted by Gasteiger charge is -2.30. The second-order valence-electron chi connectivity index (χ2n) is 6.87. The van der Waals surface area contributed by atoms with E-state index < -0.39 is 5.97 Å². The zero-order valence-corrected chi connectivity index (χ0v) is 12.5. The molecule has 0 radical (unpaired) electrons. The first-order valence-corrected chi connectivity index (χ1v) is 7.36. The number of carboxylic acid groups (broad SMARTS) is 1. The molecule has 0 aromatic carbocycles. The van der Waals surface area contributed by atoms with E-state index in [-0.39, 0.29) is 17.9 Å². The number of hydrogen-bond acceptors (Lipinski definition) is 4. The third kappa shape index (κ3) is 3.55. The van der Waals surface area contributed by atoms with E-state index in [0.29, 0.717) is 5.92 Å². The van der Waals surface area contributed by atoms with Crippen LogP contribution in [-0.2, 0) is 11.2 Å². The first-order chi connectivity index (χ1) is 9.38. The fourth-order valence-electron chi connectivity index (χ4n) is 2.99. The second kappa shape index (κ2) is 5.89. The van der Waals surface area contributed by atoms with Crippen molar-refractivity contribution in [1.82, 2.24) is 20.2 Å². The van der Waals surface area contributed by atoms with Gasteiger partial charge in [0.05, 0.1) is 12.5 Å². The largest absolute Gasteiger partial charge is 0.481 e. The van der Waals surface area contributed by atoms with Crippen molar-refractivity contribution >= 4 is 5.97 Å². The predicted octanol–water partition coefficient (Wildman–Crippen LogP) is 2.47. The maximum absolute atomic E-state index is 11.1. The molecule has 112 valence electrons. The highest BCUT2D eigenvalue weighted by Crippen LogP contribution is 2.34. The Morgan fingerprint density at radius 2 is 2.05 bits per heavy atom. The summed E-state index contributed by atoms with van der Waals surface area (Å²) >= 11 is 0. The number of hydrogen-bond donors (Lipinski definition) is 1. The van der Waals surface area contributed by atoms with E-state index >= 15 is 0 Å². The van der Waals surface area contributed by atoms with Gasteiger partial charge in [-0.25, -0.2) is 4.68 Å². The van der Waals surface area contributed by atoms with Gasteiger partial charge in [0.2, 0.25) is 0 Å². The SMILES string of the molecule is CC(C)(C)C(CC(=O)O)n1nnnc1CC1CCCC1. The number of rotatable bonds is 5. The van der Waals surface area contributed by atoms with E-state index in [0.717, 1.165) is 12.2 Å². The third-order valence-corrected chi connectivity index (χ3v) is 4.17. The molecule has 0 amide bonds. The summed E-state index contributed by atoms with van der Waals surface area (Å²) in [4.78, 5) is 11.1. The molecule has 0 bridgehead atoms. The molecule has 1 aliphatic rings. The van der Waals surface area contributed by atoms with Crippen molar-refractivity contribution in [2.75, 3.05) is 0 Å². The second-order valence-corrected chi connectivity index (χ2v) is 6.87. The number of tetrazole rings is 1. The highest BCUT2D eigenvalue weighted by Gasteiger charge is 2.32. The molecule has 0 saturated heterocycles. The van der Waals surface area contributed by atoms with E-state index in [2.05, 4.69) is 15.5 Å². The average Bonchev–Trinajstić information content (AvgIpc) is 2.96. The molecule has 1 N–H and O–H groups in total. The van der Waals surface area contributed by atoms with Crippen LogP contribution in [0.3, 0.4) is 0 Å². The van der Waals surface area contributed by atoms with E-state index in [4.69, 9.17) is 5.11 Å². The van der Waals surface area contributed by atoms with Crippen molar-refractivity contribution in [3.05, 3.63) is 5.82 Å². The Kier molecular flexibility index (Phi) is 4.40. The predicted molar refractivity (Wildman–Crippen MR) is 74.2 cm³/mol. The monoisotopic (exact) mass is 280 g/mol. The molecule has 6 nitrogen and oxygen atoms in total.